The minimum absolute atomic E-state index is 0.242. The number of likely N-dealkylation sites (N-methyl/N-ethyl adjacent to an activating group) is 1. The number of nitro groups is 1. The lowest BCUT2D eigenvalue weighted by molar-refractivity contribution is -0.402. The predicted molar refractivity (Wildman–Crippen MR) is 77.4 cm³/mol. The number of hydrogen-bond donors (Lipinski definition) is 1. The van der Waals surface area contributed by atoms with E-state index < -0.39 is 28.4 Å². The molecular formula is C14H12FN3O5. The smallest absolute Gasteiger partial charge is 0.395 e. The van der Waals surface area contributed by atoms with Crippen LogP contribution >= 0.6 is 0 Å². The second-order valence-electron chi connectivity index (χ2n) is 4.61. The van der Waals surface area contributed by atoms with Gasteiger partial charge in [0.1, 0.15) is 10.7 Å². The van der Waals surface area contributed by atoms with E-state index in [1.54, 1.807) is 0 Å². The van der Waals surface area contributed by atoms with Crippen LogP contribution in [0.25, 0.3) is 0 Å². The highest BCUT2D eigenvalue weighted by Gasteiger charge is 2.21. The lowest BCUT2D eigenvalue weighted by atomic mass is 10.3. The van der Waals surface area contributed by atoms with Gasteiger partial charge in [-0.05, 0) is 30.3 Å². The van der Waals surface area contributed by atoms with Crippen molar-refractivity contribution in [2.45, 2.75) is 0 Å². The van der Waals surface area contributed by atoms with Gasteiger partial charge in [-0.1, -0.05) is 0 Å². The number of nitrogens with zero attached hydrogens (tertiary/aromatic N) is 2. The van der Waals surface area contributed by atoms with Crippen molar-refractivity contribution in [1.29, 1.82) is 0 Å². The van der Waals surface area contributed by atoms with Crippen molar-refractivity contribution < 1.29 is 23.3 Å². The molecule has 0 unspecified atom stereocenters. The van der Waals surface area contributed by atoms with Crippen LogP contribution in [0.2, 0.25) is 0 Å². The summed E-state index contributed by atoms with van der Waals surface area (Å²) in [5, 5.41) is 13.0. The topological polar surface area (TPSA) is 106 Å². The Morgan fingerprint density at radius 3 is 2.48 bits per heavy atom. The number of nitrogens with one attached hydrogen (secondary N) is 1. The van der Waals surface area contributed by atoms with Gasteiger partial charge in [0.15, 0.2) is 5.76 Å². The number of carbonyl (C=O) groups excluding carboxylic acids is 2. The molecule has 9 heteroatoms. The fourth-order valence-corrected chi connectivity index (χ4v) is 1.75. The molecule has 1 aromatic heterocycles. The van der Waals surface area contributed by atoms with E-state index in [2.05, 4.69) is 5.32 Å². The fourth-order valence-electron chi connectivity index (χ4n) is 1.75. The molecule has 0 atom stereocenters. The van der Waals surface area contributed by atoms with Gasteiger partial charge in [-0.25, -0.2) is 4.39 Å². The Morgan fingerprint density at radius 2 is 1.91 bits per heavy atom. The molecule has 0 aliphatic heterocycles. The van der Waals surface area contributed by atoms with Crippen molar-refractivity contribution in [1.82, 2.24) is 4.90 Å². The molecule has 0 fully saturated rings. The maximum absolute atomic E-state index is 12.8. The van der Waals surface area contributed by atoms with Crippen molar-refractivity contribution in [3.05, 3.63) is 58.1 Å². The summed E-state index contributed by atoms with van der Waals surface area (Å²) in [6.45, 7) is -0.301. The minimum atomic E-state index is -0.766. The largest absolute Gasteiger partial charge is 0.433 e. The van der Waals surface area contributed by atoms with Crippen LogP contribution in [-0.4, -0.2) is 35.2 Å². The molecule has 0 saturated carbocycles. The van der Waals surface area contributed by atoms with E-state index in [1.165, 1.54) is 31.3 Å². The van der Waals surface area contributed by atoms with Gasteiger partial charge in [0, 0.05) is 12.7 Å². The van der Waals surface area contributed by atoms with Gasteiger partial charge >= 0.3 is 5.88 Å². The summed E-state index contributed by atoms with van der Waals surface area (Å²) in [5.74, 6) is -2.41. The lowest BCUT2D eigenvalue weighted by Gasteiger charge is -2.15. The summed E-state index contributed by atoms with van der Waals surface area (Å²) in [7, 11) is 1.35. The molecule has 2 amide bonds. The predicted octanol–water partition coefficient (Wildman–Crippen LogP) is 2.04. The van der Waals surface area contributed by atoms with Crippen LogP contribution < -0.4 is 5.32 Å². The second-order valence-corrected chi connectivity index (χ2v) is 4.61. The third-order valence-electron chi connectivity index (χ3n) is 2.84. The summed E-state index contributed by atoms with van der Waals surface area (Å²) in [4.78, 5) is 34.6. The molecule has 0 radical (unpaired) electrons. The van der Waals surface area contributed by atoms with Crippen molar-refractivity contribution in [3.63, 3.8) is 0 Å². The van der Waals surface area contributed by atoms with Gasteiger partial charge in [-0.15, -0.1) is 0 Å². The van der Waals surface area contributed by atoms with Crippen LogP contribution in [0.15, 0.2) is 40.8 Å². The summed E-state index contributed by atoms with van der Waals surface area (Å²) in [6.07, 6.45) is 0. The zero-order valence-electron chi connectivity index (χ0n) is 12.0. The molecule has 8 nitrogen and oxygen atoms in total. The molecule has 1 aromatic carbocycles. The van der Waals surface area contributed by atoms with E-state index in [0.29, 0.717) is 5.69 Å². The first kappa shape index (κ1) is 16.1. The molecule has 0 saturated heterocycles. The van der Waals surface area contributed by atoms with Crippen LogP contribution in [0.4, 0.5) is 16.0 Å². The first-order valence-corrected chi connectivity index (χ1v) is 6.42. The van der Waals surface area contributed by atoms with Crippen LogP contribution in [0, 0.1) is 15.9 Å². The van der Waals surface area contributed by atoms with E-state index >= 15 is 0 Å². The first-order valence-electron chi connectivity index (χ1n) is 6.42. The Bertz CT molecular complexity index is 741. The van der Waals surface area contributed by atoms with Crippen molar-refractivity contribution in [2.24, 2.45) is 0 Å². The molecule has 0 bridgehead atoms. The summed E-state index contributed by atoms with van der Waals surface area (Å²) in [6, 6.07) is 7.35. The number of amides is 2. The van der Waals surface area contributed by atoms with Gasteiger partial charge in [0.2, 0.25) is 5.91 Å². The number of hydrogen-bond acceptors (Lipinski definition) is 5. The molecule has 0 aliphatic carbocycles. The highest BCUT2D eigenvalue weighted by atomic mass is 19.1. The zero-order chi connectivity index (χ0) is 17.0. The Hall–Kier alpha value is -3.23. The third kappa shape index (κ3) is 4.13. The Labute approximate surface area is 129 Å². The quantitative estimate of drug-likeness (QED) is 0.670. The van der Waals surface area contributed by atoms with Crippen LogP contribution in [-0.2, 0) is 4.79 Å². The molecule has 1 N–H and O–H groups in total. The molecule has 0 spiro atoms. The summed E-state index contributed by atoms with van der Waals surface area (Å²) < 4.78 is 17.5. The van der Waals surface area contributed by atoms with Gasteiger partial charge in [-0.2, -0.15) is 0 Å². The van der Waals surface area contributed by atoms with Gasteiger partial charge in [-0.3, -0.25) is 19.7 Å². The van der Waals surface area contributed by atoms with E-state index in [-0.39, 0.29) is 12.3 Å². The number of benzene rings is 1. The van der Waals surface area contributed by atoms with Gasteiger partial charge < -0.3 is 14.6 Å². The van der Waals surface area contributed by atoms with E-state index in [0.717, 1.165) is 17.0 Å². The standard InChI is InChI=1S/C14H12FN3O5/c1-17(14(20)11-6-7-13(23-11)18(21)22)8-12(19)16-10-4-2-9(15)3-5-10/h2-7H,8H2,1H3,(H,16,19). The third-order valence-corrected chi connectivity index (χ3v) is 2.84. The number of carbonyl (C=O) groups is 2. The highest BCUT2D eigenvalue weighted by Crippen LogP contribution is 2.17. The number of halogens is 1. The SMILES string of the molecule is CN(CC(=O)Nc1ccc(F)cc1)C(=O)c1ccc([N+](=O)[O-])o1. The van der Waals surface area contributed by atoms with Crippen LogP contribution in [0.5, 0.6) is 0 Å². The van der Waals surface area contributed by atoms with E-state index in [9.17, 15) is 24.1 Å². The maximum Gasteiger partial charge on any atom is 0.433 e. The summed E-state index contributed by atoms with van der Waals surface area (Å²) >= 11 is 0. The average Bonchev–Trinajstić information content (AvgIpc) is 2.98. The maximum atomic E-state index is 12.8. The Kier molecular flexibility index (Phi) is 4.69. The highest BCUT2D eigenvalue weighted by molar-refractivity contribution is 5.98. The van der Waals surface area contributed by atoms with Crippen molar-refractivity contribution >= 4 is 23.4 Å². The molecule has 120 valence electrons. The molecule has 1 heterocycles. The second kappa shape index (κ2) is 6.69. The van der Waals surface area contributed by atoms with Crippen LogP contribution in [0.1, 0.15) is 10.6 Å². The Morgan fingerprint density at radius 1 is 1.26 bits per heavy atom. The van der Waals surface area contributed by atoms with E-state index in [1.807, 2.05) is 0 Å². The molecule has 23 heavy (non-hydrogen) atoms. The van der Waals surface area contributed by atoms with Crippen molar-refractivity contribution in [2.75, 3.05) is 18.9 Å². The average molecular weight is 321 g/mol. The number of anilines is 1. The first-order chi connectivity index (χ1) is 10.9. The van der Waals surface area contributed by atoms with Gasteiger partial charge in [0.05, 0.1) is 12.6 Å². The zero-order valence-corrected chi connectivity index (χ0v) is 12.0. The lowest BCUT2D eigenvalue weighted by Crippen LogP contribution is -2.34. The number of furan rings is 1. The fraction of sp³-hybridized carbons (Fsp3) is 0.143. The molecule has 2 rings (SSSR count). The number of rotatable bonds is 5. The molecule has 0 aliphatic rings. The van der Waals surface area contributed by atoms with Crippen molar-refractivity contribution in [3.8, 4) is 0 Å². The van der Waals surface area contributed by atoms with Crippen LogP contribution in [0.3, 0.4) is 0 Å². The van der Waals surface area contributed by atoms with E-state index in [4.69, 9.17) is 4.42 Å². The molecular weight excluding hydrogens is 309 g/mol. The monoisotopic (exact) mass is 321 g/mol. The normalized spacial score (nSPS) is 10.2. The molecule has 2 aromatic rings. The summed E-state index contributed by atoms with van der Waals surface area (Å²) in [5.41, 5.74) is 0.380. The van der Waals surface area contributed by atoms with Gasteiger partial charge in [0.25, 0.3) is 5.91 Å². The Balaban J connectivity index is 1.95. The minimum Gasteiger partial charge on any atom is -0.395 e.